The van der Waals surface area contributed by atoms with E-state index in [-0.39, 0.29) is 23.2 Å². The second kappa shape index (κ2) is 7.71. The van der Waals surface area contributed by atoms with Crippen LogP contribution in [0, 0.1) is 5.82 Å². The van der Waals surface area contributed by atoms with Crippen LogP contribution in [0.25, 0.3) is 0 Å². The fourth-order valence-corrected chi connectivity index (χ4v) is 4.58. The molecule has 5 rings (SSSR count). The van der Waals surface area contributed by atoms with Gasteiger partial charge in [0.05, 0.1) is 11.1 Å². The number of fused-ring (bicyclic) bond motifs is 2. The van der Waals surface area contributed by atoms with Crippen molar-refractivity contribution in [2.45, 2.75) is 18.4 Å². The minimum Gasteiger partial charge on any atom is -0.450 e. The average molecular weight is 429 g/mol. The molecule has 0 aromatic heterocycles. The zero-order chi connectivity index (χ0) is 22.3. The van der Waals surface area contributed by atoms with Crippen molar-refractivity contribution in [1.82, 2.24) is 4.90 Å². The van der Waals surface area contributed by atoms with Crippen molar-refractivity contribution in [2.75, 3.05) is 13.1 Å². The summed E-state index contributed by atoms with van der Waals surface area (Å²) in [4.78, 5) is 40.3. The van der Waals surface area contributed by atoms with Crippen molar-refractivity contribution >= 4 is 17.7 Å². The van der Waals surface area contributed by atoms with Crippen molar-refractivity contribution in [3.63, 3.8) is 0 Å². The smallest absolute Gasteiger partial charge is 0.339 e. The van der Waals surface area contributed by atoms with E-state index >= 15 is 0 Å². The number of amides is 1. The van der Waals surface area contributed by atoms with Gasteiger partial charge in [0, 0.05) is 42.6 Å². The number of piperidine rings is 1. The Balaban J connectivity index is 1.37. The van der Waals surface area contributed by atoms with Crippen molar-refractivity contribution in [1.29, 1.82) is 0 Å². The zero-order valence-electron chi connectivity index (χ0n) is 17.2. The van der Waals surface area contributed by atoms with Crippen LogP contribution in [0.5, 0.6) is 0 Å². The first kappa shape index (κ1) is 20.1. The number of likely N-dealkylation sites (tertiary alicyclic amines) is 1. The molecule has 1 fully saturated rings. The van der Waals surface area contributed by atoms with Crippen molar-refractivity contribution in [3.8, 4) is 0 Å². The van der Waals surface area contributed by atoms with Crippen LogP contribution >= 0.6 is 0 Å². The molecule has 2 aliphatic heterocycles. The van der Waals surface area contributed by atoms with Crippen molar-refractivity contribution in [2.24, 2.45) is 0 Å². The number of carbonyl (C=O) groups excluding carboxylic acids is 3. The van der Waals surface area contributed by atoms with Gasteiger partial charge in [-0.3, -0.25) is 9.59 Å². The Labute approximate surface area is 184 Å². The topological polar surface area (TPSA) is 63.7 Å². The van der Waals surface area contributed by atoms with Gasteiger partial charge in [-0.05, 0) is 36.4 Å². The summed E-state index contributed by atoms with van der Waals surface area (Å²) in [5.41, 5.74) is 1.67. The number of carbonyl (C=O) groups is 3. The van der Waals surface area contributed by atoms with Gasteiger partial charge in [-0.1, -0.05) is 36.4 Å². The number of benzene rings is 3. The largest absolute Gasteiger partial charge is 0.450 e. The van der Waals surface area contributed by atoms with Crippen LogP contribution in [0.2, 0.25) is 0 Å². The van der Waals surface area contributed by atoms with Crippen LogP contribution in [0.3, 0.4) is 0 Å². The van der Waals surface area contributed by atoms with Gasteiger partial charge in [-0.2, -0.15) is 0 Å². The third-order valence-electron chi connectivity index (χ3n) is 6.29. The number of ether oxygens (including phenoxy) is 1. The molecule has 5 nitrogen and oxygen atoms in total. The number of rotatable bonds is 3. The minimum atomic E-state index is -0.700. The molecule has 0 aliphatic carbocycles. The summed E-state index contributed by atoms with van der Waals surface area (Å²) in [6.07, 6.45) is 0.991. The number of halogens is 1. The highest BCUT2D eigenvalue weighted by molar-refractivity contribution is 6.15. The van der Waals surface area contributed by atoms with Gasteiger partial charge in [-0.25, -0.2) is 9.18 Å². The van der Waals surface area contributed by atoms with Gasteiger partial charge in [0.15, 0.2) is 5.78 Å². The molecule has 3 aromatic rings. The summed E-state index contributed by atoms with van der Waals surface area (Å²) < 4.78 is 19.0. The second-order valence-electron chi connectivity index (χ2n) is 8.10. The number of nitrogens with zero attached hydrogens (tertiary/aromatic N) is 1. The maximum absolute atomic E-state index is 13.3. The molecule has 0 atom stereocenters. The molecule has 1 saturated heterocycles. The first-order valence-corrected chi connectivity index (χ1v) is 10.5. The van der Waals surface area contributed by atoms with Gasteiger partial charge in [0.2, 0.25) is 0 Å². The van der Waals surface area contributed by atoms with E-state index in [1.807, 2.05) is 18.2 Å². The van der Waals surface area contributed by atoms with Gasteiger partial charge in [0.25, 0.3) is 5.91 Å². The SMILES string of the molecule is O=C(c1ccc(F)cc1)c1ccccc1C(=O)N1CCC2(CC1)OC(=O)c1ccccc12. The molecular formula is C26H20FNO4. The molecule has 1 amide bonds. The first-order chi connectivity index (χ1) is 15.5. The van der Waals surface area contributed by atoms with Crippen molar-refractivity contribution in [3.05, 3.63) is 106 Å². The number of hydrogen-bond donors (Lipinski definition) is 0. The average Bonchev–Trinajstić information content (AvgIpc) is 3.10. The lowest BCUT2D eigenvalue weighted by atomic mass is 9.83. The van der Waals surface area contributed by atoms with Gasteiger partial charge in [0.1, 0.15) is 11.4 Å². The minimum absolute atomic E-state index is 0.247. The molecule has 2 aliphatic rings. The third kappa shape index (κ3) is 3.28. The molecule has 2 heterocycles. The summed E-state index contributed by atoms with van der Waals surface area (Å²) in [6, 6.07) is 19.3. The Morgan fingerprint density at radius 3 is 2.19 bits per heavy atom. The van der Waals surface area contributed by atoms with Crippen LogP contribution in [-0.4, -0.2) is 35.6 Å². The molecule has 0 unspecified atom stereocenters. The summed E-state index contributed by atoms with van der Waals surface area (Å²) in [6.45, 7) is 0.805. The van der Waals surface area contributed by atoms with E-state index in [2.05, 4.69) is 0 Å². The first-order valence-electron chi connectivity index (χ1n) is 10.5. The van der Waals surface area contributed by atoms with Crippen LogP contribution < -0.4 is 0 Å². The fourth-order valence-electron chi connectivity index (χ4n) is 4.58. The Kier molecular flexibility index (Phi) is 4.85. The van der Waals surface area contributed by atoms with E-state index in [9.17, 15) is 18.8 Å². The van der Waals surface area contributed by atoms with E-state index in [0.29, 0.717) is 42.6 Å². The Morgan fingerprint density at radius 2 is 1.47 bits per heavy atom. The lowest BCUT2D eigenvalue weighted by Crippen LogP contribution is -2.45. The van der Waals surface area contributed by atoms with Crippen LogP contribution in [-0.2, 0) is 10.3 Å². The van der Waals surface area contributed by atoms with E-state index in [0.717, 1.165) is 5.56 Å². The predicted octanol–water partition coefficient (Wildman–Crippen LogP) is 4.36. The number of esters is 1. The van der Waals surface area contributed by atoms with E-state index < -0.39 is 11.4 Å². The molecule has 160 valence electrons. The zero-order valence-corrected chi connectivity index (χ0v) is 17.2. The molecular weight excluding hydrogens is 409 g/mol. The highest BCUT2D eigenvalue weighted by atomic mass is 19.1. The summed E-state index contributed by atoms with van der Waals surface area (Å²) in [7, 11) is 0. The summed E-state index contributed by atoms with van der Waals surface area (Å²) in [5, 5.41) is 0. The maximum Gasteiger partial charge on any atom is 0.339 e. The highest BCUT2D eigenvalue weighted by Gasteiger charge is 2.47. The van der Waals surface area contributed by atoms with Crippen LogP contribution in [0.1, 0.15) is 55.0 Å². The molecule has 0 N–H and O–H groups in total. The highest BCUT2D eigenvalue weighted by Crippen LogP contribution is 2.44. The second-order valence-corrected chi connectivity index (χ2v) is 8.10. The van der Waals surface area contributed by atoms with Gasteiger partial charge >= 0.3 is 5.97 Å². The predicted molar refractivity (Wildman–Crippen MR) is 115 cm³/mol. The molecule has 32 heavy (non-hydrogen) atoms. The summed E-state index contributed by atoms with van der Waals surface area (Å²) >= 11 is 0. The molecule has 0 bridgehead atoms. The molecule has 3 aromatic carbocycles. The molecule has 1 spiro atoms. The Bertz CT molecular complexity index is 1230. The van der Waals surface area contributed by atoms with Crippen LogP contribution in [0.4, 0.5) is 4.39 Å². The van der Waals surface area contributed by atoms with E-state index in [4.69, 9.17) is 4.74 Å². The fraction of sp³-hybridized carbons (Fsp3) is 0.192. The third-order valence-corrected chi connectivity index (χ3v) is 6.29. The Hall–Kier alpha value is -3.80. The maximum atomic E-state index is 13.3. The lowest BCUT2D eigenvalue weighted by Gasteiger charge is -2.38. The van der Waals surface area contributed by atoms with Crippen LogP contribution in [0.15, 0.2) is 72.8 Å². The lowest BCUT2D eigenvalue weighted by molar-refractivity contribution is -0.0389. The van der Waals surface area contributed by atoms with Gasteiger partial charge in [-0.15, -0.1) is 0 Å². The quantitative estimate of drug-likeness (QED) is 0.459. The monoisotopic (exact) mass is 429 g/mol. The standard InChI is InChI=1S/C26H20FNO4/c27-18-11-9-17(10-12-18)23(29)19-5-1-2-6-20(19)24(30)28-15-13-26(14-16-28)22-8-4-3-7-21(22)25(31)32-26/h1-12H,13-16H2. The normalized spacial score (nSPS) is 16.5. The van der Waals surface area contributed by atoms with Gasteiger partial charge < -0.3 is 9.64 Å². The van der Waals surface area contributed by atoms with E-state index in [1.165, 1.54) is 24.3 Å². The Morgan fingerprint density at radius 1 is 0.844 bits per heavy atom. The van der Waals surface area contributed by atoms with E-state index in [1.54, 1.807) is 35.2 Å². The number of hydrogen-bond acceptors (Lipinski definition) is 4. The molecule has 0 saturated carbocycles. The molecule has 0 radical (unpaired) electrons. The molecule has 6 heteroatoms. The summed E-state index contributed by atoms with van der Waals surface area (Å²) in [5.74, 6) is -1.33. The number of ketones is 1. The van der Waals surface area contributed by atoms with Crippen molar-refractivity contribution < 1.29 is 23.5 Å².